The molecular weight excluding hydrogens is 249 g/mol. The molecule has 1 heterocycles. The lowest BCUT2D eigenvalue weighted by Crippen LogP contribution is -2.19. The maximum atomic E-state index is 13.5. The maximum absolute atomic E-state index is 13.5. The lowest BCUT2D eigenvalue weighted by atomic mass is 10.1. The monoisotopic (exact) mass is 261 g/mol. The molecule has 98 valence electrons. The van der Waals surface area contributed by atoms with Crippen molar-refractivity contribution < 1.29 is 14.3 Å². The highest BCUT2D eigenvalue weighted by atomic mass is 19.1. The number of halogens is 1. The van der Waals surface area contributed by atoms with Gasteiger partial charge in [-0.2, -0.15) is 0 Å². The average molecular weight is 261 g/mol. The molecule has 1 aromatic heterocycles. The van der Waals surface area contributed by atoms with Gasteiger partial charge in [-0.15, -0.1) is 0 Å². The molecule has 2 aromatic rings. The van der Waals surface area contributed by atoms with Crippen LogP contribution in [0.25, 0.3) is 0 Å². The van der Waals surface area contributed by atoms with Crippen molar-refractivity contribution in [1.29, 1.82) is 0 Å². The topological polar surface area (TPSA) is 59.3 Å². The van der Waals surface area contributed by atoms with Crippen LogP contribution in [0.3, 0.4) is 0 Å². The zero-order chi connectivity index (χ0) is 14.0. The van der Waals surface area contributed by atoms with Crippen LogP contribution in [-0.2, 0) is 6.54 Å². The van der Waals surface area contributed by atoms with Crippen molar-refractivity contribution in [2.45, 2.75) is 13.5 Å². The van der Waals surface area contributed by atoms with E-state index in [-0.39, 0.29) is 17.7 Å². The van der Waals surface area contributed by atoms with Crippen LogP contribution < -0.4 is 5.56 Å². The van der Waals surface area contributed by atoms with Crippen LogP contribution in [0, 0.1) is 12.7 Å². The van der Waals surface area contributed by atoms with Crippen LogP contribution in [-0.4, -0.2) is 15.6 Å². The van der Waals surface area contributed by atoms with Crippen molar-refractivity contribution in [3.8, 4) is 0 Å². The van der Waals surface area contributed by atoms with Crippen LogP contribution >= 0.6 is 0 Å². The van der Waals surface area contributed by atoms with Gasteiger partial charge in [-0.05, 0) is 36.2 Å². The molecule has 2 rings (SSSR count). The molecule has 0 amide bonds. The minimum atomic E-state index is -1.31. The quantitative estimate of drug-likeness (QED) is 0.919. The number of nitrogens with zero attached hydrogens (tertiary/aromatic N) is 1. The van der Waals surface area contributed by atoms with Crippen LogP contribution in [0.5, 0.6) is 0 Å². The Morgan fingerprint density at radius 3 is 2.63 bits per heavy atom. The Labute approximate surface area is 108 Å². The van der Waals surface area contributed by atoms with E-state index in [1.807, 2.05) is 6.92 Å². The van der Waals surface area contributed by atoms with Crippen molar-refractivity contribution in [2.24, 2.45) is 0 Å². The van der Waals surface area contributed by atoms with Gasteiger partial charge in [-0.3, -0.25) is 4.79 Å². The lowest BCUT2D eigenvalue weighted by Gasteiger charge is -2.07. The molecule has 0 fully saturated rings. The minimum absolute atomic E-state index is 0.178. The molecule has 0 aliphatic carbocycles. The third-order valence-corrected chi connectivity index (χ3v) is 2.77. The first-order chi connectivity index (χ1) is 8.97. The summed E-state index contributed by atoms with van der Waals surface area (Å²) < 4.78 is 14.9. The normalized spacial score (nSPS) is 10.4. The summed E-state index contributed by atoms with van der Waals surface area (Å²) in [6.07, 6.45) is 1.63. The smallest absolute Gasteiger partial charge is 0.338 e. The highest BCUT2D eigenvalue weighted by molar-refractivity contribution is 5.87. The number of aryl methyl sites for hydroxylation is 1. The SMILES string of the molecule is Cc1ccn(Cc2ccc(C(=O)O)c(F)c2)c(=O)c1. The van der Waals surface area contributed by atoms with Gasteiger partial charge in [0.25, 0.3) is 5.56 Å². The third kappa shape index (κ3) is 2.88. The summed E-state index contributed by atoms with van der Waals surface area (Å²) in [5.74, 6) is -2.11. The van der Waals surface area contributed by atoms with E-state index in [4.69, 9.17) is 5.11 Å². The van der Waals surface area contributed by atoms with Crippen LogP contribution in [0.1, 0.15) is 21.5 Å². The first-order valence-electron chi connectivity index (χ1n) is 5.66. The number of benzene rings is 1. The Morgan fingerprint density at radius 1 is 1.32 bits per heavy atom. The molecule has 19 heavy (non-hydrogen) atoms. The van der Waals surface area contributed by atoms with E-state index < -0.39 is 11.8 Å². The second-order valence-electron chi connectivity index (χ2n) is 4.29. The summed E-state index contributed by atoms with van der Waals surface area (Å²) in [4.78, 5) is 22.4. The molecule has 0 radical (unpaired) electrons. The number of carboxylic acids is 1. The van der Waals surface area contributed by atoms with E-state index in [1.165, 1.54) is 22.8 Å². The molecule has 0 unspecified atom stereocenters. The fourth-order valence-corrected chi connectivity index (χ4v) is 1.76. The first-order valence-corrected chi connectivity index (χ1v) is 5.66. The van der Waals surface area contributed by atoms with Gasteiger partial charge < -0.3 is 9.67 Å². The van der Waals surface area contributed by atoms with E-state index in [0.717, 1.165) is 11.6 Å². The predicted octanol–water partition coefficient (Wildman–Crippen LogP) is 2.04. The van der Waals surface area contributed by atoms with E-state index in [1.54, 1.807) is 12.3 Å². The van der Waals surface area contributed by atoms with Gasteiger partial charge in [0.1, 0.15) is 5.82 Å². The summed E-state index contributed by atoms with van der Waals surface area (Å²) in [7, 11) is 0. The van der Waals surface area contributed by atoms with Crippen molar-refractivity contribution in [2.75, 3.05) is 0 Å². The van der Waals surface area contributed by atoms with Crippen molar-refractivity contribution in [3.63, 3.8) is 0 Å². The summed E-state index contributed by atoms with van der Waals surface area (Å²) in [5.41, 5.74) is 0.838. The zero-order valence-electron chi connectivity index (χ0n) is 10.3. The third-order valence-electron chi connectivity index (χ3n) is 2.77. The van der Waals surface area contributed by atoms with Gasteiger partial charge >= 0.3 is 5.97 Å². The first kappa shape index (κ1) is 13.0. The Bertz CT molecular complexity index is 691. The zero-order valence-corrected chi connectivity index (χ0v) is 10.3. The largest absolute Gasteiger partial charge is 0.478 e. The Morgan fingerprint density at radius 2 is 2.05 bits per heavy atom. The number of hydrogen-bond donors (Lipinski definition) is 1. The Balaban J connectivity index is 2.31. The van der Waals surface area contributed by atoms with Gasteiger partial charge in [0.2, 0.25) is 0 Å². The predicted molar refractivity (Wildman–Crippen MR) is 67.9 cm³/mol. The molecule has 0 aliphatic rings. The number of carboxylic acid groups (broad SMARTS) is 1. The highest BCUT2D eigenvalue weighted by Crippen LogP contribution is 2.11. The van der Waals surface area contributed by atoms with E-state index in [2.05, 4.69) is 0 Å². The van der Waals surface area contributed by atoms with Gasteiger partial charge in [-0.25, -0.2) is 9.18 Å². The molecule has 0 bridgehead atoms. The molecule has 0 spiro atoms. The van der Waals surface area contributed by atoms with Crippen molar-refractivity contribution in [3.05, 3.63) is 69.4 Å². The second-order valence-corrected chi connectivity index (χ2v) is 4.29. The van der Waals surface area contributed by atoms with Gasteiger partial charge in [0, 0.05) is 12.3 Å². The van der Waals surface area contributed by atoms with Crippen LogP contribution in [0.15, 0.2) is 41.3 Å². The van der Waals surface area contributed by atoms with E-state index >= 15 is 0 Å². The number of aromatic carboxylic acids is 1. The fraction of sp³-hybridized carbons (Fsp3) is 0.143. The maximum Gasteiger partial charge on any atom is 0.338 e. The molecule has 1 aromatic carbocycles. The van der Waals surface area contributed by atoms with Crippen LogP contribution in [0.4, 0.5) is 4.39 Å². The van der Waals surface area contributed by atoms with Crippen molar-refractivity contribution >= 4 is 5.97 Å². The number of rotatable bonds is 3. The Hall–Kier alpha value is -2.43. The molecule has 5 heteroatoms. The van der Waals surface area contributed by atoms with E-state index in [9.17, 15) is 14.0 Å². The molecule has 0 atom stereocenters. The molecule has 0 saturated carbocycles. The van der Waals surface area contributed by atoms with Gasteiger partial charge in [-0.1, -0.05) is 6.07 Å². The Kier molecular flexibility index (Phi) is 3.46. The van der Waals surface area contributed by atoms with Gasteiger partial charge in [0.15, 0.2) is 0 Å². The number of carbonyl (C=O) groups is 1. The standard InChI is InChI=1S/C14H12FNO3/c1-9-4-5-16(13(17)6-9)8-10-2-3-11(14(18)19)12(15)7-10/h2-7H,8H2,1H3,(H,18,19). The highest BCUT2D eigenvalue weighted by Gasteiger charge is 2.10. The summed E-state index contributed by atoms with van der Waals surface area (Å²) in [6, 6.07) is 7.10. The summed E-state index contributed by atoms with van der Waals surface area (Å²) in [5, 5.41) is 8.73. The average Bonchev–Trinajstić information content (AvgIpc) is 2.32. The second kappa shape index (κ2) is 5.06. The van der Waals surface area contributed by atoms with Gasteiger partial charge in [0.05, 0.1) is 12.1 Å². The lowest BCUT2D eigenvalue weighted by molar-refractivity contribution is 0.0692. The van der Waals surface area contributed by atoms with Crippen LogP contribution in [0.2, 0.25) is 0 Å². The number of aromatic nitrogens is 1. The molecule has 4 nitrogen and oxygen atoms in total. The summed E-state index contributed by atoms with van der Waals surface area (Å²) in [6.45, 7) is 2.02. The minimum Gasteiger partial charge on any atom is -0.478 e. The molecule has 1 N–H and O–H groups in total. The molecule has 0 saturated heterocycles. The molecular formula is C14H12FNO3. The fourth-order valence-electron chi connectivity index (χ4n) is 1.76. The number of pyridine rings is 1. The number of hydrogen-bond acceptors (Lipinski definition) is 2. The van der Waals surface area contributed by atoms with E-state index in [0.29, 0.717) is 5.56 Å². The molecule has 0 aliphatic heterocycles. The summed E-state index contributed by atoms with van der Waals surface area (Å²) >= 11 is 0. The van der Waals surface area contributed by atoms with Crippen molar-refractivity contribution in [1.82, 2.24) is 4.57 Å².